The Morgan fingerprint density at radius 3 is 2.19 bits per heavy atom. The molecule has 15 heteroatoms. The molecule has 2 amide bonds. The van der Waals surface area contributed by atoms with Gasteiger partial charge in [-0.1, -0.05) is 58.0 Å². The second-order valence-electron chi connectivity index (χ2n) is 14.5. The summed E-state index contributed by atoms with van der Waals surface area (Å²) < 4.78 is 55.2. The van der Waals surface area contributed by atoms with E-state index in [9.17, 15) is 18.0 Å². The van der Waals surface area contributed by atoms with E-state index in [-0.39, 0.29) is 36.7 Å². The highest BCUT2D eigenvalue weighted by molar-refractivity contribution is 7.92. The van der Waals surface area contributed by atoms with Crippen LogP contribution in [0.1, 0.15) is 50.1 Å². The molecule has 0 aliphatic rings. The molecule has 0 aliphatic carbocycles. The molecule has 58 heavy (non-hydrogen) atoms. The van der Waals surface area contributed by atoms with E-state index in [1.165, 1.54) is 7.11 Å². The summed E-state index contributed by atoms with van der Waals surface area (Å²) in [6.45, 7) is 8.79. The summed E-state index contributed by atoms with van der Waals surface area (Å²) in [5.74, 6) is 1.03. The summed E-state index contributed by atoms with van der Waals surface area (Å²) in [5, 5.41) is 15.9. The highest BCUT2D eigenvalue weighted by Crippen LogP contribution is 2.40. The summed E-state index contributed by atoms with van der Waals surface area (Å²) in [6, 6.07) is 23.8. The Morgan fingerprint density at radius 2 is 1.48 bits per heavy atom. The molecule has 0 radical (unpaired) electrons. The highest BCUT2D eigenvalue weighted by Gasteiger charge is 2.23. The first-order chi connectivity index (χ1) is 27.6. The number of nitrogens with zero attached hydrogens (tertiary/aromatic N) is 1. The predicted octanol–water partition coefficient (Wildman–Crippen LogP) is 8.00. The fourth-order valence-electron chi connectivity index (χ4n) is 6.06. The number of benzene rings is 4. The van der Waals surface area contributed by atoms with Crippen LogP contribution in [0.5, 0.6) is 23.0 Å². The number of rotatable bonds is 19. The number of urea groups is 1. The number of pyridine rings is 1. The largest absolute Gasteiger partial charge is 0.492 e. The SMILES string of the molecule is CCc1cc(Cc2cc(Oc3ccc(NC(=O)Nc4cc(C(C)(C)C)cc(NS(C)(=O)=O)c4OC)c4ccccc34)ccn2)cc(OCCOCCOCC(=O)O)c1. The minimum Gasteiger partial charge on any atom is -0.492 e. The molecule has 0 saturated heterocycles. The number of ether oxygens (including phenoxy) is 5. The van der Waals surface area contributed by atoms with Crippen LogP contribution in [0.15, 0.2) is 85.1 Å². The van der Waals surface area contributed by atoms with Gasteiger partial charge in [-0.2, -0.15) is 0 Å². The zero-order valence-corrected chi connectivity index (χ0v) is 34.3. The second-order valence-corrected chi connectivity index (χ2v) is 16.2. The summed E-state index contributed by atoms with van der Waals surface area (Å²) in [6.07, 6.45) is 4.11. The van der Waals surface area contributed by atoms with Gasteiger partial charge in [0.25, 0.3) is 0 Å². The van der Waals surface area contributed by atoms with Gasteiger partial charge in [0.2, 0.25) is 10.0 Å². The van der Waals surface area contributed by atoms with Gasteiger partial charge in [-0.05, 0) is 71.0 Å². The molecule has 5 aromatic rings. The molecular weight excluding hydrogens is 765 g/mol. The number of amides is 2. The zero-order valence-electron chi connectivity index (χ0n) is 33.5. The molecule has 5 rings (SSSR count). The van der Waals surface area contributed by atoms with Crippen molar-refractivity contribution < 1.29 is 46.8 Å². The summed E-state index contributed by atoms with van der Waals surface area (Å²) in [4.78, 5) is 28.7. The number of sulfonamides is 1. The third-order valence-electron chi connectivity index (χ3n) is 8.76. The maximum atomic E-state index is 13.5. The van der Waals surface area contributed by atoms with Crippen molar-refractivity contribution in [1.82, 2.24) is 4.98 Å². The quantitative estimate of drug-likeness (QED) is 0.0593. The van der Waals surface area contributed by atoms with Gasteiger partial charge < -0.3 is 39.4 Å². The van der Waals surface area contributed by atoms with Crippen molar-refractivity contribution in [3.05, 3.63) is 107 Å². The van der Waals surface area contributed by atoms with Gasteiger partial charge in [-0.25, -0.2) is 18.0 Å². The van der Waals surface area contributed by atoms with Crippen molar-refractivity contribution in [2.24, 2.45) is 0 Å². The first kappa shape index (κ1) is 43.2. The first-order valence-electron chi connectivity index (χ1n) is 18.7. The summed E-state index contributed by atoms with van der Waals surface area (Å²) in [5.41, 5.74) is 4.38. The number of aliphatic carboxylic acids is 1. The fraction of sp³-hybridized carbons (Fsp3) is 0.326. The lowest BCUT2D eigenvalue weighted by atomic mass is 9.86. The van der Waals surface area contributed by atoms with Crippen molar-refractivity contribution in [1.29, 1.82) is 0 Å². The van der Waals surface area contributed by atoms with Crippen LogP contribution >= 0.6 is 0 Å². The number of carboxylic acids is 1. The molecule has 308 valence electrons. The second kappa shape index (κ2) is 19.5. The Bertz CT molecular complexity index is 2340. The maximum Gasteiger partial charge on any atom is 0.329 e. The highest BCUT2D eigenvalue weighted by atomic mass is 32.2. The van der Waals surface area contributed by atoms with Gasteiger partial charge in [0, 0.05) is 35.2 Å². The van der Waals surface area contributed by atoms with Crippen molar-refractivity contribution in [3.63, 3.8) is 0 Å². The smallest absolute Gasteiger partial charge is 0.329 e. The summed E-state index contributed by atoms with van der Waals surface area (Å²) >= 11 is 0. The molecule has 14 nitrogen and oxygen atoms in total. The maximum absolute atomic E-state index is 13.5. The standard InChI is InChI=1S/C43H50N4O10S/c1-7-28-20-29(23-33(22-28)56-19-18-54-16-17-55-27-40(48)49)21-31-26-32(14-15-44-31)57-39-13-12-36(34-10-8-9-11-35(34)39)45-42(50)46-37-24-30(43(2,3)4)25-38(41(37)53-5)47-58(6,51)52/h8-15,20,22-26,47H,7,16-19,21,27H2,1-6H3,(H,48,49)(H2,45,46,50). The molecule has 0 atom stereocenters. The Kier molecular flexibility index (Phi) is 14.5. The number of hydrogen-bond donors (Lipinski definition) is 4. The molecular formula is C43H50N4O10S. The first-order valence-corrected chi connectivity index (χ1v) is 20.6. The molecule has 0 saturated carbocycles. The van der Waals surface area contributed by atoms with E-state index in [1.54, 1.807) is 36.5 Å². The third-order valence-corrected chi connectivity index (χ3v) is 9.35. The molecule has 1 heterocycles. The van der Waals surface area contributed by atoms with Crippen molar-refractivity contribution >= 4 is 49.9 Å². The number of hydrogen-bond acceptors (Lipinski definition) is 10. The van der Waals surface area contributed by atoms with Crippen LogP contribution < -0.4 is 29.6 Å². The van der Waals surface area contributed by atoms with E-state index in [0.29, 0.717) is 48.3 Å². The van der Waals surface area contributed by atoms with Crippen molar-refractivity contribution in [2.45, 2.75) is 46.0 Å². The van der Waals surface area contributed by atoms with Crippen molar-refractivity contribution in [3.8, 4) is 23.0 Å². The number of fused-ring (bicyclic) bond motifs is 1. The lowest BCUT2D eigenvalue weighted by molar-refractivity contribution is -0.142. The van der Waals surface area contributed by atoms with E-state index in [1.807, 2.05) is 63.2 Å². The molecule has 0 unspecified atom stereocenters. The van der Waals surface area contributed by atoms with E-state index in [4.69, 9.17) is 28.8 Å². The Balaban J connectivity index is 1.28. The minimum atomic E-state index is -3.64. The summed E-state index contributed by atoms with van der Waals surface area (Å²) in [7, 11) is -2.23. The lowest BCUT2D eigenvalue weighted by Crippen LogP contribution is -2.22. The molecule has 0 fully saturated rings. The van der Waals surface area contributed by atoms with Gasteiger partial charge in [0.1, 0.15) is 30.5 Å². The molecule has 0 spiro atoms. The Labute approximate surface area is 338 Å². The number of aryl methyl sites for hydroxylation is 1. The van der Waals surface area contributed by atoms with Crippen LogP contribution in [0, 0.1) is 0 Å². The predicted molar refractivity (Wildman–Crippen MR) is 224 cm³/mol. The van der Waals surface area contributed by atoms with Crippen molar-refractivity contribution in [2.75, 3.05) is 61.8 Å². The van der Waals surface area contributed by atoms with E-state index in [2.05, 4.69) is 33.3 Å². The van der Waals surface area contributed by atoms with Gasteiger partial charge in [-0.15, -0.1) is 0 Å². The topological polar surface area (TPSA) is 184 Å². The van der Waals surface area contributed by atoms with Crippen LogP contribution in [-0.2, 0) is 42.5 Å². The Morgan fingerprint density at radius 1 is 0.793 bits per heavy atom. The molecule has 1 aromatic heterocycles. The number of methoxy groups -OCH3 is 1. The number of nitrogens with one attached hydrogen (secondary N) is 3. The number of carbonyl (C=O) groups excluding carboxylic acids is 1. The van der Waals surface area contributed by atoms with Gasteiger partial charge in [0.15, 0.2) is 5.75 Å². The number of carboxylic acid groups (broad SMARTS) is 1. The van der Waals surface area contributed by atoms with Crippen LogP contribution in [-0.4, -0.2) is 76.9 Å². The normalized spacial score (nSPS) is 11.6. The van der Waals surface area contributed by atoms with Gasteiger partial charge >= 0.3 is 12.0 Å². The monoisotopic (exact) mass is 814 g/mol. The van der Waals surface area contributed by atoms with E-state index < -0.39 is 22.0 Å². The number of carbonyl (C=O) groups is 2. The average molecular weight is 815 g/mol. The lowest BCUT2D eigenvalue weighted by Gasteiger charge is -2.24. The molecule has 4 aromatic carbocycles. The van der Waals surface area contributed by atoms with Crippen LogP contribution in [0.3, 0.4) is 0 Å². The van der Waals surface area contributed by atoms with Crippen LogP contribution in [0.2, 0.25) is 0 Å². The fourth-order valence-corrected chi connectivity index (χ4v) is 6.61. The number of aromatic nitrogens is 1. The van der Waals surface area contributed by atoms with Crippen LogP contribution in [0.4, 0.5) is 21.9 Å². The zero-order chi connectivity index (χ0) is 41.9. The van der Waals surface area contributed by atoms with Crippen LogP contribution in [0.25, 0.3) is 10.8 Å². The third kappa shape index (κ3) is 12.6. The molecule has 0 aliphatic heterocycles. The van der Waals surface area contributed by atoms with Gasteiger partial charge in [0.05, 0.1) is 50.2 Å². The average Bonchev–Trinajstić information content (AvgIpc) is 3.15. The molecule has 0 bridgehead atoms. The van der Waals surface area contributed by atoms with E-state index >= 15 is 0 Å². The van der Waals surface area contributed by atoms with E-state index in [0.717, 1.165) is 45.8 Å². The van der Waals surface area contributed by atoms with Gasteiger partial charge in [-0.3, -0.25) is 9.71 Å². The Hall–Kier alpha value is -5.90. The minimum absolute atomic E-state index is 0.173. The number of anilines is 3. The molecule has 4 N–H and O–H groups in total.